The summed E-state index contributed by atoms with van der Waals surface area (Å²) in [4.78, 5) is 0. The Morgan fingerprint density at radius 2 is 1.96 bits per heavy atom. The van der Waals surface area contributed by atoms with Crippen LogP contribution in [0.3, 0.4) is 0 Å². The SMILES string of the molecule is Clc1ccc(COc2ccc3ccccc3c2CNC[C@H]2CCCO2)c(Cl)c1. The average molecular weight is 416 g/mol. The summed E-state index contributed by atoms with van der Waals surface area (Å²) in [7, 11) is 0. The van der Waals surface area contributed by atoms with Gasteiger partial charge in [-0.15, -0.1) is 0 Å². The van der Waals surface area contributed by atoms with Crippen LogP contribution in [0.2, 0.25) is 10.0 Å². The molecule has 3 aromatic rings. The van der Waals surface area contributed by atoms with Gasteiger partial charge in [-0.05, 0) is 41.8 Å². The molecule has 1 fully saturated rings. The molecule has 0 bridgehead atoms. The number of ether oxygens (including phenoxy) is 2. The van der Waals surface area contributed by atoms with Crippen LogP contribution in [0.4, 0.5) is 0 Å². The standard InChI is InChI=1S/C23H23Cl2NO2/c24-18-9-7-17(22(25)12-18)15-28-23-10-8-16-4-1-2-6-20(16)21(23)14-26-13-19-5-3-11-27-19/h1-2,4,6-10,12,19,26H,3,5,11,13-15H2/t19-/m1/s1. The van der Waals surface area contributed by atoms with E-state index >= 15 is 0 Å². The molecule has 0 aromatic heterocycles. The van der Waals surface area contributed by atoms with Crippen LogP contribution in [0, 0.1) is 0 Å². The molecule has 1 saturated heterocycles. The van der Waals surface area contributed by atoms with Gasteiger partial charge < -0.3 is 14.8 Å². The van der Waals surface area contributed by atoms with E-state index in [1.165, 1.54) is 10.8 Å². The zero-order chi connectivity index (χ0) is 19.3. The van der Waals surface area contributed by atoms with Crippen molar-refractivity contribution in [2.45, 2.75) is 32.1 Å². The number of hydrogen-bond donors (Lipinski definition) is 1. The highest BCUT2D eigenvalue weighted by Gasteiger charge is 2.16. The van der Waals surface area contributed by atoms with Crippen molar-refractivity contribution in [3.63, 3.8) is 0 Å². The summed E-state index contributed by atoms with van der Waals surface area (Å²) in [5.74, 6) is 0.865. The maximum atomic E-state index is 6.30. The van der Waals surface area contributed by atoms with Crippen molar-refractivity contribution < 1.29 is 9.47 Å². The first-order valence-corrected chi connectivity index (χ1v) is 10.4. The Morgan fingerprint density at radius 1 is 1.07 bits per heavy atom. The number of halogens is 2. The van der Waals surface area contributed by atoms with Gasteiger partial charge in [0.15, 0.2) is 0 Å². The molecule has 0 saturated carbocycles. The lowest BCUT2D eigenvalue weighted by Crippen LogP contribution is -2.26. The molecule has 0 amide bonds. The van der Waals surface area contributed by atoms with Gasteiger partial charge in [-0.25, -0.2) is 0 Å². The van der Waals surface area contributed by atoms with Gasteiger partial charge in [0.05, 0.1) is 6.10 Å². The van der Waals surface area contributed by atoms with Gasteiger partial charge in [0, 0.05) is 40.9 Å². The van der Waals surface area contributed by atoms with Crippen LogP contribution in [0.5, 0.6) is 5.75 Å². The Hall–Kier alpha value is -1.78. The summed E-state index contributed by atoms with van der Waals surface area (Å²) >= 11 is 12.3. The van der Waals surface area contributed by atoms with E-state index in [4.69, 9.17) is 32.7 Å². The fourth-order valence-corrected chi connectivity index (χ4v) is 4.05. The number of rotatable bonds is 7. The van der Waals surface area contributed by atoms with E-state index in [0.717, 1.165) is 49.4 Å². The Labute approximate surface area is 175 Å². The van der Waals surface area contributed by atoms with Gasteiger partial charge in [-0.2, -0.15) is 0 Å². The largest absolute Gasteiger partial charge is 0.488 e. The summed E-state index contributed by atoms with van der Waals surface area (Å²) in [6.07, 6.45) is 2.59. The van der Waals surface area contributed by atoms with Crippen LogP contribution in [0.25, 0.3) is 10.8 Å². The first kappa shape index (κ1) is 19.5. The van der Waals surface area contributed by atoms with E-state index in [-0.39, 0.29) is 0 Å². The molecule has 3 nitrogen and oxygen atoms in total. The minimum atomic E-state index is 0.312. The molecule has 0 unspecified atom stereocenters. The Morgan fingerprint density at radius 3 is 2.79 bits per heavy atom. The fraction of sp³-hybridized carbons (Fsp3) is 0.304. The lowest BCUT2D eigenvalue weighted by molar-refractivity contribution is 0.110. The number of nitrogens with one attached hydrogen (secondary N) is 1. The molecule has 0 radical (unpaired) electrons. The second-order valence-electron chi connectivity index (χ2n) is 7.05. The highest BCUT2D eigenvalue weighted by molar-refractivity contribution is 6.35. The van der Waals surface area contributed by atoms with Crippen LogP contribution in [-0.4, -0.2) is 19.3 Å². The smallest absolute Gasteiger partial charge is 0.124 e. The Bertz CT molecular complexity index is 954. The zero-order valence-corrected chi connectivity index (χ0v) is 17.1. The first-order valence-electron chi connectivity index (χ1n) is 9.60. The molecule has 4 rings (SSSR count). The van der Waals surface area contributed by atoms with Crippen molar-refractivity contribution in [1.82, 2.24) is 5.32 Å². The molecule has 5 heteroatoms. The van der Waals surface area contributed by atoms with E-state index in [1.807, 2.05) is 18.2 Å². The van der Waals surface area contributed by atoms with Crippen LogP contribution in [-0.2, 0) is 17.9 Å². The van der Waals surface area contributed by atoms with E-state index < -0.39 is 0 Å². The van der Waals surface area contributed by atoms with Crippen molar-refractivity contribution in [2.75, 3.05) is 13.2 Å². The van der Waals surface area contributed by atoms with Crippen LogP contribution in [0.1, 0.15) is 24.0 Å². The summed E-state index contributed by atoms with van der Waals surface area (Å²) in [6, 6.07) is 18.0. The van der Waals surface area contributed by atoms with Crippen molar-refractivity contribution in [3.05, 3.63) is 75.8 Å². The topological polar surface area (TPSA) is 30.5 Å². The number of fused-ring (bicyclic) bond motifs is 1. The quantitative estimate of drug-likeness (QED) is 0.513. The monoisotopic (exact) mass is 415 g/mol. The number of hydrogen-bond acceptors (Lipinski definition) is 3. The third kappa shape index (κ3) is 4.61. The van der Waals surface area contributed by atoms with E-state index in [2.05, 4.69) is 35.6 Å². The zero-order valence-electron chi connectivity index (χ0n) is 15.6. The van der Waals surface area contributed by atoms with Gasteiger partial charge in [0.1, 0.15) is 12.4 Å². The average Bonchev–Trinajstić information content (AvgIpc) is 3.21. The minimum absolute atomic E-state index is 0.312. The normalized spacial score (nSPS) is 16.6. The van der Waals surface area contributed by atoms with Gasteiger partial charge >= 0.3 is 0 Å². The second-order valence-corrected chi connectivity index (χ2v) is 7.90. The second kappa shape index (κ2) is 9.15. The van der Waals surface area contributed by atoms with Gasteiger partial charge in [-0.3, -0.25) is 0 Å². The van der Waals surface area contributed by atoms with Crippen molar-refractivity contribution in [2.24, 2.45) is 0 Å². The summed E-state index contributed by atoms with van der Waals surface area (Å²) in [6.45, 7) is 2.85. The highest BCUT2D eigenvalue weighted by Crippen LogP contribution is 2.30. The van der Waals surface area contributed by atoms with Crippen molar-refractivity contribution in [1.29, 1.82) is 0 Å². The van der Waals surface area contributed by atoms with Crippen LogP contribution in [0.15, 0.2) is 54.6 Å². The molecule has 1 N–H and O–H groups in total. The number of benzene rings is 3. The van der Waals surface area contributed by atoms with E-state index in [1.54, 1.807) is 6.07 Å². The van der Waals surface area contributed by atoms with E-state index in [9.17, 15) is 0 Å². The third-order valence-corrected chi connectivity index (χ3v) is 5.68. The Kier molecular flexibility index (Phi) is 6.38. The maximum absolute atomic E-state index is 6.30. The van der Waals surface area contributed by atoms with Crippen molar-refractivity contribution >= 4 is 34.0 Å². The molecule has 3 aromatic carbocycles. The lowest BCUT2D eigenvalue weighted by Gasteiger charge is -2.17. The van der Waals surface area contributed by atoms with E-state index in [0.29, 0.717) is 22.8 Å². The summed E-state index contributed by atoms with van der Waals surface area (Å²) in [5, 5.41) is 7.18. The molecule has 1 heterocycles. The summed E-state index contributed by atoms with van der Waals surface area (Å²) < 4.78 is 11.9. The summed E-state index contributed by atoms with van der Waals surface area (Å²) in [5.41, 5.74) is 2.07. The molecule has 28 heavy (non-hydrogen) atoms. The fourth-order valence-electron chi connectivity index (χ4n) is 3.59. The molecule has 0 spiro atoms. The Balaban J connectivity index is 1.53. The van der Waals surface area contributed by atoms with Crippen LogP contribution < -0.4 is 10.1 Å². The predicted molar refractivity (Wildman–Crippen MR) is 115 cm³/mol. The van der Waals surface area contributed by atoms with Gasteiger partial charge in [-0.1, -0.05) is 59.6 Å². The first-order chi connectivity index (χ1) is 13.7. The minimum Gasteiger partial charge on any atom is -0.488 e. The van der Waals surface area contributed by atoms with Crippen molar-refractivity contribution in [3.8, 4) is 5.75 Å². The molecule has 1 aliphatic heterocycles. The highest BCUT2D eigenvalue weighted by atomic mass is 35.5. The molecule has 146 valence electrons. The third-order valence-electron chi connectivity index (χ3n) is 5.09. The lowest BCUT2D eigenvalue weighted by atomic mass is 10.0. The van der Waals surface area contributed by atoms with Gasteiger partial charge in [0.25, 0.3) is 0 Å². The van der Waals surface area contributed by atoms with Gasteiger partial charge in [0.2, 0.25) is 0 Å². The molecular formula is C23H23Cl2NO2. The molecular weight excluding hydrogens is 393 g/mol. The van der Waals surface area contributed by atoms with Crippen LogP contribution >= 0.6 is 23.2 Å². The predicted octanol–water partition coefficient (Wildman–Crippen LogP) is 5.99. The maximum Gasteiger partial charge on any atom is 0.124 e. The molecule has 1 atom stereocenters. The molecule has 0 aliphatic carbocycles. The molecule has 1 aliphatic rings.